The molecule has 2 heterocycles. The summed E-state index contributed by atoms with van der Waals surface area (Å²) >= 11 is 0. The van der Waals surface area contributed by atoms with E-state index in [-0.39, 0.29) is 5.97 Å². The Morgan fingerprint density at radius 2 is 2.40 bits per heavy atom. The smallest absolute Gasteiger partial charge is 0.306 e. The van der Waals surface area contributed by atoms with Crippen LogP contribution in [0.15, 0.2) is 28.9 Å². The third-order valence-corrected chi connectivity index (χ3v) is 3.98. The second kappa shape index (κ2) is 10.5. The molecule has 2 rings (SSSR count). The molecular formula is C18H27N5O2. The maximum Gasteiger partial charge on any atom is 0.306 e. The quantitative estimate of drug-likeness (QED) is 0.351. The summed E-state index contributed by atoms with van der Waals surface area (Å²) in [6.07, 6.45) is 6.68. The van der Waals surface area contributed by atoms with Crippen LogP contribution < -0.4 is 16.4 Å². The number of hydrogen-bond acceptors (Lipinski definition) is 7. The maximum absolute atomic E-state index is 11.0. The topological polar surface area (TPSA) is 102 Å². The fraction of sp³-hybridized carbons (Fsp3) is 0.500. The minimum atomic E-state index is -0.230. The van der Waals surface area contributed by atoms with Crippen molar-refractivity contribution >= 4 is 18.0 Å². The largest absolute Gasteiger partial charge is 0.469 e. The lowest BCUT2D eigenvalue weighted by Crippen LogP contribution is -2.22. The number of fused-ring (bicyclic) bond motifs is 1. The van der Waals surface area contributed by atoms with Crippen LogP contribution in [0.2, 0.25) is 0 Å². The summed E-state index contributed by atoms with van der Waals surface area (Å²) in [7, 11) is 1.38. The normalized spacial score (nSPS) is 14.2. The predicted octanol–water partition coefficient (Wildman–Crippen LogP) is 1.05. The summed E-state index contributed by atoms with van der Waals surface area (Å²) in [4.78, 5) is 20.1. The summed E-state index contributed by atoms with van der Waals surface area (Å²) < 4.78 is 4.58. The molecule has 1 aliphatic rings. The van der Waals surface area contributed by atoms with Gasteiger partial charge in [-0.2, -0.15) is 0 Å². The van der Waals surface area contributed by atoms with Crippen LogP contribution >= 0.6 is 0 Å². The van der Waals surface area contributed by atoms with Gasteiger partial charge >= 0.3 is 5.97 Å². The summed E-state index contributed by atoms with van der Waals surface area (Å²) in [5, 5.41) is 6.48. The van der Waals surface area contributed by atoms with Gasteiger partial charge in [-0.05, 0) is 36.2 Å². The molecule has 0 amide bonds. The molecule has 136 valence electrons. The van der Waals surface area contributed by atoms with Crippen LogP contribution in [0.25, 0.3) is 0 Å². The molecular weight excluding hydrogens is 318 g/mol. The Kier molecular flexibility index (Phi) is 7.91. The number of carbonyl (C=O) groups excluding carboxylic acids is 1. The van der Waals surface area contributed by atoms with E-state index < -0.39 is 0 Å². The van der Waals surface area contributed by atoms with Gasteiger partial charge < -0.3 is 21.1 Å². The molecule has 0 aromatic carbocycles. The molecule has 0 unspecified atom stereocenters. The predicted molar refractivity (Wildman–Crippen MR) is 99.9 cm³/mol. The first-order valence-corrected chi connectivity index (χ1v) is 8.63. The van der Waals surface area contributed by atoms with E-state index in [2.05, 4.69) is 37.5 Å². The number of aromatic nitrogens is 1. The van der Waals surface area contributed by atoms with Gasteiger partial charge in [0.15, 0.2) is 0 Å². The number of aryl methyl sites for hydroxylation is 1. The zero-order chi connectivity index (χ0) is 17.9. The van der Waals surface area contributed by atoms with Crippen LogP contribution in [0.3, 0.4) is 0 Å². The van der Waals surface area contributed by atoms with Gasteiger partial charge in [0.05, 0.1) is 13.5 Å². The molecule has 0 atom stereocenters. The zero-order valence-corrected chi connectivity index (χ0v) is 14.8. The van der Waals surface area contributed by atoms with Crippen LogP contribution in [0.5, 0.6) is 0 Å². The van der Waals surface area contributed by atoms with Crippen molar-refractivity contribution in [2.45, 2.75) is 25.7 Å². The highest BCUT2D eigenvalue weighted by atomic mass is 16.5. The van der Waals surface area contributed by atoms with Gasteiger partial charge in [-0.15, -0.1) is 0 Å². The van der Waals surface area contributed by atoms with Crippen molar-refractivity contribution in [3.63, 3.8) is 0 Å². The van der Waals surface area contributed by atoms with Crippen molar-refractivity contribution < 1.29 is 9.53 Å². The SMILES string of the molecule is COC(=O)CCNCC(C=NCCc1ccc2c(n1)NCCC2)=CN. The van der Waals surface area contributed by atoms with Crippen molar-refractivity contribution in [2.75, 3.05) is 38.6 Å². The molecule has 0 aliphatic carbocycles. The first-order chi connectivity index (χ1) is 12.2. The van der Waals surface area contributed by atoms with Gasteiger partial charge in [0.25, 0.3) is 0 Å². The van der Waals surface area contributed by atoms with Crippen LogP contribution in [-0.2, 0) is 22.4 Å². The highest BCUT2D eigenvalue weighted by Gasteiger charge is 2.09. The molecule has 1 aromatic rings. The molecule has 1 aromatic heterocycles. The Hall–Kier alpha value is -2.41. The lowest BCUT2D eigenvalue weighted by molar-refractivity contribution is -0.140. The Labute approximate surface area is 148 Å². The summed E-state index contributed by atoms with van der Waals surface area (Å²) in [5.41, 5.74) is 8.82. The number of nitrogens with one attached hydrogen (secondary N) is 2. The number of nitrogens with two attached hydrogens (primary N) is 1. The Morgan fingerprint density at radius 1 is 1.52 bits per heavy atom. The van der Waals surface area contributed by atoms with Crippen LogP contribution in [0.1, 0.15) is 24.1 Å². The molecule has 1 aliphatic heterocycles. The third-order valence-electron chi connectivity index (χ3n) is 3.98. The van der Waals surface area contributed by atoms with Crippen molar-refractivity contribution in [2.24, 2.45) is 10.7 Å². The molecule has 0 fully saturated rings. The van der Waals surface area contributed by atoms with E-state index in [0.29, 0.717) is 26.1 Å². The highest BCUT2D eigenvalue weighted by Crippen LogP contribution is 2.19. The van der Waals surface area contributed by atoms with Crippen molar-refractivity contribution in [3.8, 4) is 0 Å². The number of esters is 1. The van der Waals surface area contributed by atoms with Crippen LogP contribution in [0, 0.1) is 0 Å². The number of nitrogens with zero attached hydrogens (tertiary/aromatic N) is 2. The number of anilines is 1. The first-order valence-electron chi connectivity index (χ1n) is 8.63. The van der Waals surface area contributed by atoms with E-state index in [1.54, 1.807) is 6.21 Å². The number of methoxy groups -OCH3 is 1. The molecule has 7 heteroatoms. The van der Waals surface area contributed by atoms with Gasteiger partial charge in [0, 0.05) is 44.5 Å². The lowest BCUT2D eigenvalue weighted by Gasteiger charge is -2.17. The van der Waals surface area contributed by atoms with E-state index >= 15 is 0 Å². The summed E-state index contributed by atoms with van der Waals surface area (Å²) in [6.45, 7) is 2.77. The highest BCUT2D eigenvalue weighted by molar-refractivity contribution is 5.78. The van der Waals surface area contributed by atoms with E-state index in [1.807, 2.05) is 0 Å². The fourth-order valence-corrected chi connectivity index (χ4v) is 2.54. The number of pyridine rings is 1. The van der Waals surface area contributed by atoms with Crippen molar-refractivity contribution in [1.29, 1.82) is 0 Å². The first kappa shape index (κ1) is 18.9. The van der Waals surface area contributed by atoms with Crippen molar-refractivity contribution in [3.05, 3.63) is 35.2 Å². The van der Waals surface area contributed by atoms with Crippen LogP contribution in [0.4, 0.5) is 5.82 Å². The summed E-state index contributed by atoms with van der Waals surface area (Å²) in [5.74, 6) is 0.788. The zero-order valence-electron chi connectivity index (χ0n) is 14.8. The minimum Gasteiger partial charge on any atom is -0.469 e. The van der Waals surface area contributed by atoms with Crippen LogP contribution in [-0.4, -0.2) is 50.5 Å². The second-order valence-corrected chi connectivity index (χ2v) is 5.87. The average molecular weight is 345 g/mol. The standard InChI is InChI=1S/C18H27N5O2/c1-25-17(24)7-10-21-13-14(11-19)12-20-9-6-16-5-4-15-3-2-8-22-18(15)23-16/h4-5,11-12,21H,2-3,6-10,13,19H2,1H3,(H,22,23). The Balaban J connectivity index is 1.71. The van der Waals surface area contributed by atoms with Gasteiger partial charge in [-0.1, -0.05) is 6.07 Å². The minimum absolute atomic E-state index is 0.230. The number of ether oxygens (including phenoxy) is 1. The molecule has 0 bridgehead atoms. The van der Waals surface area contributed by atoms with Gasteiger partial charge in [0.2, 0.25) is 0 Å². The molecule has 0 saturated carbocycles. The molecule has 4 N–H and O–H groups in total. The number of carbonyl (C=O) groups is 1. The Bertz CT molecular complexity index is 628. The molecule has 0 spiro atoms. The second-order valence-electron chi connectivity index (χ2n) is 5.87. The fourth-order valence-electron chi connectivity index (χ4n) is 2.54. The van der Waals surface area contributed by atoms with Gasteiger partial charge in [-0.3, -0.25) is 9.79 Å². The molecule has 7 nitrogen and oxygen atoms in total. The third kappa shape index (κ3) is 6.54. The van der Waals surface area contributed by atoms with Gasteiger partial charge in [-0.25, -0.2) is 4.98 Å². The Morgan fingerprint density at radius 3 is 3.20 bits per heavy atom. The number of aliphatic imine (C=N–C) groups is 1. The van der Waals surface area contributed by atoms with Crippen molar-refractivity contribution in [1.82, 2.24) is 10.3 Å². The summed E-state index contributed by atoms with van der Waals surface area (Å²) in [6, 6.07) is 4.24. The van der Waals surface area contributed by atoms with E-state index in [1.165, 1.54) is 25.3 Å². The molecule has 25 heavy (non-hydrogen) atoms. The lowest BCUT2D eigenvalue weighted by atomic mass is 10.1. The van der Waals surface area contributed by atoms with E-state index in [0.717, 1.165) is 36.5 Å². The van der Waals surface area contributed by atoms with E-state index in [9.17, 15) is 4.79 Å². The number of hydrogen-bond donors (Lipinski definition) is 3. The molecule has 0 radical (unpaired) electrons. The average Bonchev–Trinajstić information content (AvgIpc) is 2.66. The maximum atomic E-state index is 11.0. The van der Waals surface area contributed by atoms with E-state index in [4.69, 9.17) is 5.73 Å². The monoisotopic (exact) mass is 345 g/mol. The van der Waals surface area contributed by atoms with Gasteiger partial charge in [0.1, 0.15) is 5.82 Å². The molecule has 0 saturated heterocycles. The number of rotatable bonds is 9.